The minimum atomic E-state index is 0. The normalized spacial score (nSPS) is 10.3. The van der Waals surface area contributed by atoms with Gasteiger partial charge in [0.2, 0.25) is 0 Å². The summed E-state index contributed by atoms with van der Waals surface area (Å²) < 4.78 is 0. The number of nitrogens with zero attached hydrogens (tertiary/aromatic N) is 1. The van der Waals surface area contributed by atoms with E-state index in [4.69, 9.17) is 4.98 Å². The molecule has 0 spiro atoms. The van der Waals surface area contributed by atoms with E-state index in [2.05, 4.69) is 93.5 Å². The first-order valence-corrected chi connectivity index (χ1v) is 8.87. The minimum absolute atomic E-state index is 0. The van der Waals surface area contributed by atoms with Crippen molar-refractivity contribution in [1.82, 2.24) is 4.98 Å². The average molecular weight is 534 g/mol. The van der Waals surface area contributed by atoms with Crippen LogP contribution in [-0.2, 0) is 26.5 Å². The first kappa shape index (κ1) is 27.2. The van der Waals surface area contributed by atoms with Crippen LogP contribution in [0.5, 0.6) is 0 Å². The summed E-state index contributed by atoms with van der Waals surface area (Å²) in [4.78, 5) is 4.73. The molecule has 2 aromatic rings. The molecule has 0 saturated carbocycles. The predicted molar refractivity (Wildman–Crippen MR) is 113 cm³/mol. The fourth-order valence-corrected chi connectivity index (χ4v) is 1.74. The van der Waals surface area contributed by atoms with Crippen LogP contribution < -0.4 is 0 Å². The fourth-order valence-electron chi connectivity index (χ4n) is 1.74. The Balaban J connectivity index is 0. The maximum absolute atomic E-state index is 4.73. The van der Waals surface area contributed by atoms with Crippen LogP contribution in [0.3, 0.4) is 0 Å². The Kier molecular flexibility index (Phi) is 13.7. The molecule has 26 heavy (non-hydrogen) atoms. The molecule has 0 N–H and O–H groups in total. The number of hydrogen-bond donors (Lipinski definition) is 0. The molecule has 0 atom stereocenters. The van der Waals surface area contributed by atoms with Gasteiger partial charge < -0.3 is 11.8 Å². The van der Waals surface area contributed by atoms with Crippen molar-refractivity contribution in [2.24, 2.45) is 0 Å². The van der Waals surface area contributed by atoms with Gasteiger partial charge in [-0.05, 0) is 12.1 Å². The molecule has 1 heterocycles. The third kappa shape index (κ3) is 13.2. The zero-order valence-electron chi connectivity index (χ0n) is 18.0. The predicted octanol–water partition coefficient (Wildman–Crippen LogP) is 7.47. The molecule has 0 bridgehead atoms. The summed E-state index contributed by atoms with van der Waals surface area (Å²) >= 11 is 0. The van der Waals surface area contributed by atoms with Gasteiger partial charge in [-0.3, -0.25) is 4.98 Å². The van der Waals surface area contributed by atoms with E-state index in [0.29, 0.717) is 0 Å². The molecule has 0 saturated heterocycles. The van der Waals surface area contributed by atoms with Crippen LogP contribution >= 0.6 is 0 Å². The van der Waals surface area contributed by atoms with Gasteiger partial charge in [0.25, 0.3) is 0 Å². The summed E-state index contributed by atoms with van der Waals surface area (Å²) in [7, 11) is 0. The van der Waals surface area contributed by atoms with Crippen molar-refractivity contribution in [3.63, 3.8) is 0 Å². The van der Waals surface area contributed by atoms with Crippen molar-refractivity contribution in [2.45, 2.75) is 67.7 Å². The summed E-state index contributed by atoms with van der Waals surface area (Å²) in [5, 5.41) is 0. The van der Waals surface area contributed by atoms with E-state index in [1.165, 1.54) is 11.8 Å². The van der Waals surface area contributed by atoms with Crippen LogP contribution in [0.4, 0.5) is 0 Å². The van der Waals surface area contributed by atoms with Crippen LogP contribution in [0.15, 0.2) is 42.5 Å². The number of aromatic nitrogens is 1. The van der Waals surface area contributed by atoms with Crippen molar-refractivity contribution in [2.75, 3.05) is 0 Å². The minimum Gasteiger partial charge on any atom is -0.323 e. The molecule has 2 heteroatoms. The van der Waals surface area contributed by atoms with Crippen LogP contribution in [0, 0.1) is 18.8 Å². The van der Waals surface area contributed by atoms with Crippen molar-refractivity contribution in [3.05, 3.63) is 72.5 Å². The van der Waals surface area contributed by atoms with E-state index in [1.54, 1.807) is 0 Å². The monoisotopic (exact) mass is 533 g/mol. The smallest absolute Gasteiger partial charge is 0.0583 e. The Morgan fingerprint density at radius 2 is 1.27 bits per heavy atom. The van der Waals surface area contributed by atoms with Crippen LogP contribution in [0.25, 0.3) is 11.3 Å². The molecule has 0 aliphatic heterocycles. The maximum atomic E-state index is 4.73. The molecule has 1 nitrogen and oxygen atoms in total. The van der Waals surface area contributed by atoms with Gasteiger partial charge in [0, 0.05) is 32.2 Å². The molecular formula is C24H36NPt-3. The molecule has 0 aliphatic carbocycles. The number of pyridine rings is 1. The SMILES string of the molecule is C[C-](C)C.C[C-](C)C.[CH2-]c1cccc(-c2cccc(C(C)(C)C)n2)c1.[Pt]. The summed E-state index contributed by atoms with van der Waals surface area (Å²) in [6.07, 6.45) is 0. The second-order valence-electron chi connectivity index (χ2n) is 8.36. The summed E-state index contributed by atoms with van der Waals surface area (Å²) in [6.45, 7) is 23.0. The third-order valence-corrected chi connectivity index (χ3v) is 2.74. The van der Waals surface area contributed by atoms with Gasteiger partial charge in [0.15, 0.2) is 0 Å². The van der Waals surface area contributed by atoms with Crippen LogP contribution in [0.1, 0.15) is 73.6 Å². The molecule has 0 aliphatic rings. The topological polar surface area (TPSA) is 12.9 Å². The van der Waals surface area contributed by atoms with E-state index in [1.807, 2.05) is 18.2 Å². The van der Waals surface area contributed by atoms with Crippen LogP contribution in [-0.4, -0.2) is 4.98 Å². The van der Waals surface area contributed by atoms with Gasteiger partial charge in [0.1, 0.15) is 0 Å². The molecule has 0 unspecified atom stereocenters. The molecule has 1 aromatic heterocycles. The summed E-state index contributed by atoms with van der Waals surface area (Å²) in [5.74, 6) is 2.83. The van der Waals surface area contributed by atoms with Crippen molar-refractivity contribution in [1.29, 1.82) is 0 Å². The van der Waals surface area contributed by atoms with Crippen molar-refractivity contribution in [3.8, 4) is 11.3 Å². The second-order valence-corrected chi connectivity index (χ2v) is 8.36. The van der Waals surface area contributed by atoms with E-state index >= 15 is 0 Å². The first-order chi connectivity index (χ1) is 11.4. The molecule has 150 valence electrons. The number of rotatable bonds is 1. The van der Waals surface area contributed by atoms with Gasteiger partial charge in [-0.2, -0.15) is 66.2 Å². The van der Waals surface area contributed by atoms with Crippen molar-refractivity contribution >= 4 is 0 Å². The maximum Gasteiger partial charge on any atom is 0.0583 e. The largest absolute Gasteiger partial charge is 0.323 e. The molecule has 0 fully saturated rings. The average Bonchev–Trinajstić information content (AvgIpc) is 2.45. The van der Waals surface area contributed by atoms with E-state index < -0.39 is 0 Å². The Bertz CT molecular complexity index is 598. The zero-order chi connectivity index (χ0) is 19.6. The third-order valence-electron chi connectivity index (χ3n) is 2.74. The number of hydrogen-bond acceptors (Lipinski definition) is 1. The van der Waals surface area contributed by atoms with Gasteiger partial charge in [0.05, 0.1) is 5.69 Å². The standard InChI is InChI=1S/C16H18N.2C4H9.Pt/c1-12-7-5-8-13(11-12)14-9-6-10-15(17-14)16(2,3)4;2*1-4(2)3;/h5-11H,1H2,2-4H3;2*1-3H3;/q3*-1;. The zero-order valence-corrected chi connectivity index (χ0v) is 20.3. The Hall–Kier alpha value is -1.07. The Labute approximate surface area is 177 Å². The molecule has 0 radical (unpaired) electrons. The van der Waals surface area contributed by atoms with E-state index in [0.717, 1.165) is 22.5 Å². The van der Waals surface area contributed by atoms with Crippen molar-refractivity contribution < 1.29 is 21.1 Å². The van der Waals surface area contributed by atoms with E-state index in [9.17, 15) is 0 Å². The molecule has 0 amide bonds. The Morgan fingerprint density at radius 3 is 1.69 bits per heavy atom. The quantitative estimate of drug-likeness (QED) is 0.347. The van der Waals surface area contributed by atoms with Gasteiger partial charge >= 0.3 is 0 Å². The fraction of sp³-hybridized carbons (Fsp3) is 0.417. The van der Waals surface area contributed by atoms with Crippen LogP contribution in [0.2, 0.25) is 0 Å². The molecule has 1 aromatic carbocycles. The number of benzene rings is 1. The summed E-state index contributed by atoms with van der Waals surface area (Å²) in [6, 6.07) is 14.3. The van der Waals surface area contributed by atoms with E-state index in [-0.39, 0.29) is 26.5 Å². The van der Waals surface area contributed by atoms with Gasteiger partial charge in [-0.25, -0.2) is 0 Å². The first-order valence-electron chi connectivity index (χ1n) is 8.87. The molecular weight excluding hydrogens is 497 g/mol. The molecule has 2 rings (SSSR count). The van der Waals surface area contributed by atoms with Gasteiger partial charge in [-0.15, -0.1) is 6.07 Å². The Morgan fingerprint density at radius 1 is 0.808 bits per heavy atom. The van der Waals surface area contributed by atoms with Gasteiger partial charge in [-0.1, -0.05) is 38.5 Å². The summed E-state index contributed by atoms with van der Waals surface area (Å²) in [5.41, 5.74) is 4.36. The second kappa shape index (κ2) is 13.2.